The Morgan fingerprint density at radius 2 is 1.05 bits per heavy atom. The predicted molar refractivity (Wildman–Crippen MR) is 85.7 cm³/mol. The number of carbonyl (C=O) groups excluding carboxylic acids is 2. The summed E-state index contributed by atoms with van der Waals surface area (Å²) < 4.78 is 0. The number of amides is 2. The summed E-state index contributed by atoms with van der Waals surface area (Å²) >= 11 is 0. The average molecular weight is 294 g/mol. The second-order valence-electron chi connectivity index (χ2n) is 4.79. The lowest BCUT2D eigenvalue weighted by atomic mass is 10.1. The SMILES string of the molecule is O=C(Cc1ccccc1)N/C=C\NC(=O)Cc1ccccc1. The fraction of sp³-hybridized carbons (Fsp3) is 0.111. The van der Waals surface area contributed by atoms with Crippen LogP contribution in [0.2, 0.25) is 0 Å². The first-order valence-corrected chi connectivity index (χ1v) is 7.05. The van der Waals surface area contributed by atoms with Crippen molar-refractivity contribution >= 4 is 11.8 Å². The van der Waals surface area contributed by atoms with E-state index in [-0.39, 0.29) is 11.8 Å². The molecule has 0 bridgehead atoms. The van der Waals surface area contributed by atoms with Crippen molar-refractivity contribution in [3.05, 3.63) is 84.2 Å². The topological polar surface area (TPSA) is 58.2 Å². The predicted octanol–water partition coefficient (Wildman–Crippen LogP) is 2.18. The van der Waals surface area contributed by atoms with Gasteiger partial charge in [0.25, 0.3) is 0 Å². The highest BCUT2D eigenvalue weighted by Crippen LogP contribution is 1.99. The first-order chi connectivity index (χ1) is 10.7. The summed E-state index contributed by atoms with van der Waals surface area (Å²) in [6.07, 6.45) is 3.49. The van der Waals surface area contributed by atoms with E-state index in [0.717, 1.165) is 11.1 Å². The lowest BCUT2D eigenvalue weighted by molar-refractivity contribution is -0.120. The maximum Gasteiger partial charge on any atom is 0.228 e. The van der Waals surface area contributed by atoms with Crippen LogP contribution < -0.4 is 10.6 Å². The van der Waals surface area contributed by atoms with Gasteiger partial charge in [0.2, 0.25) is 11.8 Å². The molecule has 0 saturated heterocycles. The molecule has 0 saturated carbocycles. The second kappa shape index (κ2) is 8.42. The molecule has 0 aliphatic carbocycles. The highest BCUT2D eigenvalue weighted by atomic mass is 16.2. The van der Waals surface area contributed by atoms with Crippen LogP contribution in [0.25, 0.3) is 0 Å². The molecule has 0 fully saturated rings. The monoisotopic (exact) mass is 294 g/mol. The van der Waals surface area contributed by atoms with Gasteiger partial charge >= 0.3 is 0 Å². The van der Waals surface area contributed by atoms with Gasteiger partial charge in [0.15, 0.2) is 0 Å². The lowest BCUT2D eigenvalue weighted by Crippen LogP contribution is -2.23. The van der Waals surface area contributed by atoms with Crippen LogP contribution in [0.4, 0.5) is 0 Å². The van der Waals surface area contributed by atoms with Crippen molar-refractivity contribution in [2.24, 2.45) is 0 Å². The van der Waals surface area contributed by atoms with Gasteiger partial charge in [-0.15, -0.1) is 0 Å². The van der Waals surface area contributed by atoms with Gasteiger partial charge in [-0.25, -0.2) is 0 Å². The molecule has 2 N–H and O–H groups in total. The summed E-state index contributed by atoms with van der Waals surface area (Å²) in [5.74, 6) is -0.250. The number of rotatable bonds is 6. The van der Waals surface area contributed by atoms with Gasteiger partial charge in [-0.3, -0.25) is 9.59 Å². The third kappa shape index (κ3) is 5.63. The summed E-state index contributed by atoms with van der Waals surface area (Å²) in [7, 11) is 0. The minimum Gasteiger partial charge on any atom is -0.331 e. The highest BCUT2D eigenvalue weighted by Gasteiger charge is 2.01. The Morgan fingerprint density at radius 3 is 1.41 bits per heavy atom. The van der Waals surface area contributed by atoms with Crippen molar-refractivity contribution in [3.8, 4) is 0 Å². The smallest absolute Gasteiger partial charge is 0.228 e. The van der Waals surface area contributed by atoms with E-state index in [0.29, 0.717) is 12.8 Å². The quantitative estimate of drug-likeness (QED) is 0.858. The van der Waals surface area contributed by atoms with E-state index in [2.05, 4.69) is 10.6 Å². The molecule has 2 aromatic rings. The fourth-order valence-corrected chi connectivity index (χ4v) is 1.93. The van der Waals surface area contributed by atoms with Gasteiger partial charge in [-0.05, 0) is 11.1 Å². The molecular formula is C18H18N2O2. The number of nitrogens with one attached hydrogen (secondary N) is 2. The summed E-state index contributed by atoms with van der Waals surface area (Å²) in [5, 5.41) is 5.23. The third-order valence-corrected chi connectivity index (χ3v) is 2.99. The summed E-state index contributed by atoms with van der Waals surface area (Å²) in [6.45, 7) is 0. The average Bonchev–Trinajstić information content (AvgIpc) is 2.53. The van der Waals surface area contributed by atoms with Crippen LogP contribution in [0, 0.1) is 0 Å². The molecule has 0 radical (unpaired) electrons. The molecule has 0 aliphatic heterocycles. The second-order valence-corrected chi connectivity index (χ2v) is 4.79. The minimum atomic E-state index is -0.125. The fourth-order valence-electron chi connectivity index (χ4n) is 1.93. The van der Waals surface area contributed by atoms with E-state index in [1.165, 1.54) is 12.4 Å². The van der Waals surface area contributed by atoms with E-state index in [1.54, 1.807) is 0 Å². The highest BCUT2D eigenvalue weighted by molar-refractivity contribution is 5.80. The van der Waals surface area contributed by atoms with Crippen molar-refractivity contribution < 1.29 is 9.59 Å². The third-order valence-electron chi connectivity index (χ3n) is 2.99. The zero-order valence-corrected chi connectivity index (χ0v) is 12.2. The van der Waals surface area contributed by atoms with Crippen LogP contribution in [0.1, 0.15) is 11.1 Å². The number of carbonyl (C=O) groups is 2. The molecule has 2 amide bonds. The molecule has 112 valence electrons. The van der Waals surface area contributed by atoms with Gasteiger partial charge < -0.3 is 10.6 Å². The van der Waals surface area contributed by atoms with Gasteiger partial charge in [0, 0.05) is 12.4 Å². The van der Waals surface area contributed by atoms with E-state index < -0.39 is 0 Å². The first kappa shape index (κ1) is 15.5. The van der Waals surface area contributed by atoms with E-state index in [9.17, 15) is 9.59 Å². The molecule has 0 aromatic heterocycles. The molecule has 2 aromatic carbocycles. The standard InChI is InChI=1S/C18H18N2O2/c21-17(13-15-7-3-1-4-8-15)19-11-12-20-18(22)14-16-9-5-2-6-10-16/h1-12H,13-14H2,(H,19,21)(H,20,22)/b12-11-. The molecular weight excluding hydrogens is 276 g/mol. The minimum absolute atomic E-state index is 0.125. The van der Waals surface area contributed by atoms with Gasteiger partial charge in [-0.1, -0.05) is 60.7 Å². The molecule has 0 aliphatic rings. The molecule has 0 heterocycles. The maximum absolute atomic E-state index is 11.7. The van der Waals surface area contributed by atoms with E-state index in [1.807, 2.05) is 60.7 Å². The Labute approximate surface area is 129 Å². The Kier molecular flexibility index (Phi) is 5.93. The normalized spacial score (nSPS) is 10.4. The maximum atomic E-state index is 11.7. The van der Waals surface area contributed by atoms with Crippen LogP contribution in [0.3, 0.4) is 0 Å². The van der Waals surface area contributed by atoms with Crippen LogP contribution in [-0.2, 0) is 22.4 Å². The largest absolute Gasteiger partial charge is 0.331 e. The first-order valence-electron chi connectivity index (χ1n) is 7.05. The molecule has 0 atom stereocenters. The Morgan fingerprint density at radius 1 is 0.682 bits per heavy atom. The Bertz CT molecular complexity index is 579. The van der Waals surface area contributed by atoms with Crippen molar-refractivity contribution in [1.82, 2.24) is 10.6 Å². The lowest BCUT2D eigenvalue weighted by Gasteiger charge is -2.02. The summed E-state index contributed by atoms with van der Waals surface area (Å²) in [6, 6.07) is 19.0. The van der Waals surface area contributed by atoms with Gasteiger partial charge in [-0.2, -0.15) is 0 Å². The summed E-state index contributed by atoms with van der Waals surface area (Å²) in [4.78, 5) is 23.3. The Hall–Kier alpha value is -2.88. The summed E-state index contributed by atoms with van der Waals surface area (Å²) in [5.41, 5.74) is 1.89. The number of hydrogen-bond donors (Lipinski definition) is 2. The molecule has 22 heavy (non-hydrogen) atoms. The van der Waals surface area contributed by atoms with Crippen molar-refractivity contribution in [2.45, 2.75) is 12.8 Å². The van der Waals surface area contributed by atoms with Gasteiger partial charge in [0.1, 0.15) is 0 Å². The zero-order chi connectivity index (χ0) is 15.6. The van der Waals surface area contributed by atoms with Crippen molar-refractivity contribution in [1.29, 1.82) is 0 Å². The number of hydrogen-bond acceptors (Lipinski definition) is 2. The van der Waals surface area contributed by atoms with Crippen LogP contribution >= 0.6 is 0 Å². The van der Waals surface area contributed by atoms with Crippen LogP contribution in [-0.4, -0.2) is 11.8 Å². The molecule has 4 nitrogen and oxygen atoms in total. The van der Waals surface area contributed by atoms with E-state index >= 15 is 0 Å². The van der Waals surface area contributed by atoms with E-state index in [4.69, 9.17) is 0 Å². The van der Waals surface area contributed by atoms with Crippen molar-refractivity contribution in [2.75, 3.05) is 0 Å². The Balaban J connectivity index is 1.69. The van der Waals surface area contributed by atoms with Gasteiger partial charge in [0.05, 0.1) is 12.8 Å². The van der Waals surface area contributed by atoms with Crippen molar-refractivity contribution in [3.63, 3.8) is 0 Å². The van der Waals surface area contributed by atoms with Crippen LogP contribution in [0.5, 0.6) is 0 Å². The number of benzene rings is 2. The zero-order valence-electron chi connectivity index (χ0n) is 12.2. The molecule has 0 unspecified atom stereocenters. The van der Waals surface area contributed by atoms with Crippen LogP contribution in [0.15, 0.2) is 73.1 Å². The molecule has 2 rings (SSSR count). The molecule has 4 heteroatoms. The molecule has 0 spiro atoms.